The second kappa shape index (κ2) is 37.5. The summed E-state index contributed by atoms with van der Waals surface area (Å²) in [6.07, 6.45) is 1.99. The number of benzene rings is 21. The molecule has 0 bridgehead atoms. The van der Waals surface area contributed by atoms with E-state index in [1.54, 1.807) is 0 Å². The standard InChI is InChI=1S/2C44H30N2.C40H26N2/c1-5-14-31(15-6-1)35-24-36(32-16-7-2-8-17-32)27-39(26-35)41-22-13-23-43-42(41)30-45-44(46-43)40-28-37(33-18-9-3-10-19-33)25-38(29-40)34-20-11-4-12-21-34;1-3-11-31(12-4-1)37-15-9-17-39(29-37)33-21-25-35(26-22-33)43-41-19-7-8-20-42(41)45-44(46-43)36-27-23-34(24-28-36)40-18-10-16-38(30-40)32-13-5-2-6-14-32;1-3-9-33-25-35(23-17-27(33)7-1)29-13-19-31(20-14-29)39-37-11-5-6-12-38(37)41-40(42-39)32-21-15-30(16-22-32)36-24-18-28-8-2-4-10-34(28)26-36/h2*1-30H;1-26H. The molecule has 0 unspecified atom stereocenters. The first-order valence-corrected chi connectivity index (χ1v) is 45.4. The lowest BCUT2D eigenvalue weighted by Gasteiger charge is -2.14. The Hall–Kier alpha value is -17.8. The Labute approximate surface area is 779 Å². The maximum absolute atomic E-state index is 5.15. The van der Waals surface area contributed by atoms with Crippen molar-refractivity contribution in [1.29, 1.82) is 0 Å². The molecule has 0 saturated carbocycles. The second-order valence-corrected chi connectivity index (χ2v) is 33.6. The van der Waals surface area contributed by atoms with Crippen LogP contribution in [0.5, 0.6) is 0 Å². The van der Waals surface area contributed by atoms with Gasteiger partial charge in [-0.25, -0.2) is 29.9 Å². The van der Waals surface area contributed by atoms with Gasteiger partial charge in [0.1, 0.15) is 0 Å². The van der Waals surface area contributed by atoms with Gasteiger partial charge in [-0.05, 0) is 223 Å². The summed E-state index contributed by atoms with van der Waals surface area (Å²) < 4.78 is 0. The minimum atomic E-state index is 0.711. The van der Waals surface area contributed by atoms with Crippen molar-refractivity contribution in [2.45, 2.75) is 0 Å². The van der Waals surface area contributed by atoms with Crippen molar-refractivity contribution in [1.82, 2.24) is 29.9 Å². The second-order valence-electron chi connectivity index (χ2n) is 33.6. The average molecular weight is 1710 g/mol. The van der Waals surface area contributed by atoms with Crippen LogP contribution >= 0.6 is 0 Å². The molecule has 0 aliphatic heterocycles. The third-order valence-corrected chi connectivity index (χ3v) is 25.1. The summed E-state index contributed by atoms with van der Waals surface area (Å²) >= 11 is 0. The molecule has 0 atom stereocenters. The number of para-hydroxylation sites is 2. The first kappa shape index (κ1) is 81.9. The molecule has 0 fully saturated rings. The molecule has 3 heterocycles. The van der Waals surface area contributed by atoms with Gasteiger partial charge in [0, 0.05) is 50.2 Å². The smallest absolute Gasteiger partial charge is 0.160 e. The molecule has 0 radical (unpaired) electrons. The molecular weight excluding hydrogens is 1620 g/mol. The number of rotatable bonds is 16. The predicted molar refractivity (Wildman–Crippen MR) is 561 cm³/mol. The molecule has 21 aromatic carbocycles. The van der Waals surface area contributed by atoms with Crippen LogP contribution in [0.2, 0.25) is 0 Å². The fourth-order valence-corrected chi connectivity index (χ4v) is 18.0. The van der Waals surface area contributed by atoms with E-state index in [-0.39, 0.29) is 0 Å². The number of hydrogen-bond acceptors (Lipinski definition) is 6. The van der Waals surface area contributed by atoms with Crippen molar-refractivity contribution in [3.8, 4) is 179 Å². The van der Waals surface area contributed by atoms with Gasteiger partial charge in [0.15, 0.2) is 17.5 Å². The normalized spacial score (nSPS) is 11.1. The number of fused-ring (bicyclic) bond motifs is 5. The Bertz CT molecular complexity index is 8230. The van der Waals surface area contributed by atoms with E-state index in [9.17, 15) is 0 Å². The average Bonchev–Trinajstić information content (AvgIpc) is 0.770. The lowest BCUT2D eigenvalue weighted by molar-refractivity contribution is 1.23. The van der Waals surface area contributed by atoms with Crippen LogP contribution in [-0.4, -0.2) is 29.9 Å². The topological polar surface area (TPSA) is 77.3 Å². The number of aromatic nitrogens is 6. The highest BCUT2D eigenvalue weighted by Gasteiger charge is 2.19. The van der Waals surface area contributed by atoms with E-state index in [4.69, 9.17) is 29.9 Å². The summed E-state index contributed by atoms with van der Waals surface area (Å²) in [5.41, 5.74) is 35.7. The highest BCUT2D eigenvalue weighted by Crippen LogP contribution is 2.42. The predicted octanol–water partition coefficient (Wildman–Crippen LogP) is 33.9. The van der Waals surface area contributed by atoms with E-state index < -0.39 is 0 Å². The largest absolute Gasteiger partial charge is 0.236 e. The van der Waals surface area contributed by atoms with Crippen LogP contribution in [0.25, 0.3) is 233 Å². The van der Waals surface area contributed by atoms with Crippen molar-refractivity contribution >= 4 is 54.3 Å². The van der Waals surface area contributed by atoms with Crippen molar-refractivity contribution in [3.63, 3.8) is 0 Å². The van der Waals surface area contributed by atoms with E-state index in [1.807, 2.05) is 36.5 Å². The molecule has 0 aliphatic rings. The van der Waals surface area contributed by atoms with Crippen molar-refractivity contribution in [3.05, 3.63) is 522 Å². The molecule has 0 N–H and O–H groups in total. The summed E-state index contributed by atoms with van der Waals surface area (Å²) in [5, 5.41) is 8.11. The quantitative estimate of drug-likeness (QED) is 0.0959. The van der Waals surface area contributed by atoms with Gasteiger partial charge in [0.2, 0.25) is 0 Å². The van der Waals surface area contributed by atoms with E-state index in [1.165, 1.54) is 105 Å². The number of nitrogens with zero attached hydrogens (tertiary/aromatic N) is 6. The maximum atomic E-state index is 5.15. The van der Waals surface area contributed by atoms with Crippen LogP contribution < -0.4 is 0 Å². The van der Waals surface area contributed by atoms with Crippen LogP contribution in [0.15, 0.2) is 522 Å². The van der Waals surface area contributed by atoms with E-state index >= 15 is 0 Å². The van der Waals surface area contributed by atoms with Crippen LogP contribution in [0, 0.1) is 0 Å². The van der Waals surface area contributed by atoms with Gasteiger partial charge in [0.05, 0.1) is 27.9 Å². The van der Waals surface area contributed by atoms with E-state index in [2.05, 4.69) is 485 Å². The van der Waals surface area contributed by atoms with Gasteiger partial charge in [-0.1, -0.05) is 437 Å². The molecule has 3 aromatic heterocycles. The van der Waals surface area contributed by atoms with Gasteiger partial charge in [-0.15, -0.1) is 0 Å². The molecule has 24 aromatic rings. The molecular formula is C128H86N6. The monoisotopic (exact) mass is 1710 g/mol. The summed E-state index contributed by atoms with van der Waals surface area (Å²) in [6, 6.07) is 182. The minimum Gasteiger partial charge on any atom is -0.236 e. The Morgan fingerprint density at radius 1 is 0.119 bits per heavy atom. The first-order valence-electron chi connectivity index (χ1n) is 45.4. The zero-order chi connectivity index (χ0) is 89.3. The van der Waals surface area contributed by atoms with Crippen molar-refractivity contribution < 1.29 is 0 Å². The Morgan fingerprint density at radius 3 is 0.731 bits per heavy atom. The molecule has 0 aliphatic carbocycles. The van der Waals surface area contributed by atoms with E-state index in [0.717, 1.165) is 123 Å². The van der Waals surface area contributed by atoms with Crippen LogP contribution in [-0.2, 0) is 0 Å². The van der Waals surface area contributed by atoms with Crippen molar-refractivity contribution in [2.24, 2.45) is 0 Å². The fourth-order valence-electron chi connectivity index (χ4n) is 18.0. The van der Waals surface area contributed by atoms with Crippen LogP contribution in [0.4, 0.5) is 0 Å². The Kier molecular flexibility index (Phi) is 22.9. The van der Waals surface area contributed by atoms with Crippen molar-refractivity contribution in [2.75, 3.05) is 0 Å². The Balaban J connectivity index is 0.000000117. The Morgan fingerprint density at radius 2 is 0.358 bits per heavy atom. The molecule has 0 saturated heterocycles. The third kappa shape index (κ3) is 17.7. The maximum Gasteiger partial charge on any atom is 0.160 e. The van der Waals surface area contributed by atoms with Gasteiger partial charge < -0.3 is 0 Å². The minimum absolute atomic E-state index is 0.711. The highest BCUT2D eigenvalue weighted by molar-refractivity contribution is 6.00. The highest BCUT2D eigenvalue weighted by atomic mass is 14.9. The van der Waals surface area contributed by atoms with E-state index in [0.29, 0.717) is 5.82 Å². The van der Waals surface area contributed by atoms with Gasteiger partial charge in [-0.3, -0.25) is 0 Å². The van der Waals surface area contributed by atoms with Crippen LogP contribution in [0.1, 0.15) is 0 Å². The van der Waals surface area contributed by atoms with Gasteiger partial charge in [0.25, 0.3) is 0 Å². The molecule has 628 valence electrons. The SMILES string of the molecule is c1ccc(-c2cc(-c3ccccc3)cc(-c3ncc4c(-c5cc(-c6ccccc6)cc(-c6ccccc6)c5)cccc4n3)c2)cc1.c1ccc(-c2cccc(-c3ccc(-c4nc(-c5ccc(-c6cccc(-c7ccccc7)c6)cc5)c5ccccc5n4)cc3)c2)cc1.c1ccc2cc(-c3ccc(-c4nc(-c5ccc(-c6ccc7ccccc7c6)cc5)c5ccccc5n4)cc3)ccc2c1. The zero-order valence-corrected chi connectivity index (χ0v) is 73.3. The molecule has 24 rings (SSSR count). The summed E-state index contributed by atoms with van der Waals surface area (Å²) in [4.78, 5) is 30.3. The van der Waals surface area contributed by atoms with Gasteiger partial charge in [-0.2, -0.15) is 0 Å². The molecule has 0 amide bonds. The molecule has 134 heavy (non-hydrogen) atoms. The van der Waals surface area contributed by atoms with Crippen LogP contribution in [0.3, 0.4) is 0 Å². The summed E-state index contributed by atoms with van der Waals surface area (Å²) in [5.74, 6) is 2.16. The molecule has 0 spiro atoms. The van der Waals surface area contributed by atoms with Gasteiger partial charge >= 0.3 is 0 Å². The summed E-state index contributed by atoms with van der Waals surface area (Å²) in [6.45, 7) is 0. The molecule has 6 heteroatoms. The lowest BCUT2D eigenvalue weighted by Crippen LogP contribution is -1.95. The number of hydrogen-bond donors (Lipinski definition) is 0. The first-order chi connectivity index (χ1) is 66.3. The molecule has 6 nitrogen and oxygen atoms in total. The zero-order valence-electron chi connectivity index (χ0n) is 73.3. The third-order valence-electron chi connectivity index (χ3n) is 25.1. The fraction of sp³-hybridized carbons (Fsp3) is 0. The summed E-state index contributed by atoms with van der Waals surface area (Å²) in [7, 11) is 0. The lowest BCUT2D eigenvalue weighted by atomic mass is 9.92.